The number of amides is 1. The maximum absolute atomic E-state index is 13.9. The SMILES string of the molecule is [C-]#[N+]c1c(F)ccc([C@H]2CN3CCN(C(=O)Cc4cnc(-n5cnnn5)nc4)C[C@H]3CN2)c1C. The molecule has 5 rings (SSSR count). The zero-order chi connectivity index (χ0) is 23.7. The van der Waals surface area contributed by atoms with Crippen molar-refractivity contribution in [3.63, 3.8) is 0 Å². The zero-order valence-corrected chi connectivity index (χ0v) is 18.6. The summed E-state index contributed by atoms with van der Waals surface area (Å²) in [7, 11) is 0. The average molecular weight is 462 g/mol. The Bertz CT molecular complexity index is 1220. The van der Waals surface area contributed by atoms with Gasteiger partial charge in [0.15, 0.2) is 0 Å². The van der Waals surface area contributed by atoms with Gasteiger partial charge in [-0.25, -0.2) is 19.2 Å². The van der Waals surface area contributed by atoms with E-state index < -0.39 is 5.82 Å². The van der Waals surface area contributed by atoms with Gasteiger partial charge in [-0.05, 0) is 40.1 Å². The fraction of sp³-hybridized carbons (Fsp3) is 0.409. The number of tetrazole rings is 1. The van der Waals surface area contributed by atoms with Crippen molar-refractivity contribution in [2.75, 3.05) is 32.7 Å². The summed E-state index contributed by atoms with van der Waals surface area (Å²) >= 11 is 0. The Hall–Kier alpha value is -3.82. The number of rotatable bonds is 4. The molecule has 4 heterocycles. The summed E-state index contributed by atoms with van der Waals surface area (Å²) in [4.78, 5) is 29.0. The van der Waals surface area contributed by atoms with Crippen molar-refractivity contribution in [3.8, 4) is 5.95 Å². The predicted octanol–water partition coefficient (Wildman–Crippen LogP) is 0.850. The van der Waals surface area contributed by atoms with E-state index in [1.807, 2.05) is 4.90 Å². The van der Waals surface area contributed by atoms with Crippen LogP contribution in [-0.2, 0) is 11.2 Å². The van der Waals surface area contributed by atoms with Crippen LogP contribution in [0.25, 0.3) is 10.8 Å². The Morgan fingerprint density at radius 1 is 1.26 bits per heavy atom. The van der Waals surface area contributed by atoms with E-state index >= 15 is 0 Å². The summed E-state index contributed by atoms with van der Waals surface area (Å²) in [5, 5.41) is 14.4. The van der Waals surface area contributed by atoms with E-state index in [4.69, 9.17) is 6.57 Å². The molecule has 0 radical (unpaired) electrons. The van der Waals surface area contributed by atoms with Crippen LogP contribution < -0.4 is 5.32 Å². The monoisotopic (exact) mass is 462 g/mol. The first-order valence-electron chi connectivity index (χ1n) is 11.0. The normalized spacial score (nSPS) is 20.6. The molecule has 3 aromatic rings. The van der Waals surface area contributed by atoms with Gasteiger partial charge in [-0.3, -0.25) is 9.69 Å². The molecule has 1 amide bonds. The lowest BCUT2D eigenvalue weighted by atomic mass is 9.95. The number of benzene rings is 1. The summed E-state index contributed by atoms with van der Waals surface area (Å²) in [6.07, 6.45) is 4.87. The highest BCUT2D eigenvalue weighted by Gasteiger charge is 2.35. The molecule has 2 fully saturated rings. The summed E-state index contributed by atoms with van der Waals surface area (Å²) in [5.41, 5.74) is 2.46. The number of hydrogen-bond donors (Lipinski definition) is 1. The molecule has 2 aliphatic heterocycles. The van der Waals surface area contributed by atoms with Crippen LogP contribution in [0, 0.1) is 19.3 Å². The zero-order valence-electron chi connectivity index (χ0n) is 18.6. The molecule has 11 nitrogen and oxygen atoms in total. The third-order valence-electron chi connectivity index (χ3n) is 6.49. The number of fused-ring (bicyclic) bond motifs is 1. The largest absolute Gasteiger partial charge is 0.340 e. The Kier molecular flexibility index (Phi) is 5.95. The molecule has 0 bridgehead atoms. The van der Waals surface area contributed by atoms with Crippen LogP contribution in [0.15, 0.2) is 30.9 Å². The quantitative estimate of drug-likeness (QED) is 0.569. The first kappa shape index (κ1) is 22.0. The van der Waals surface area contributed by atoms with Crippen LogP contribution in [0.1, 0.15) is 22.7 Å². The Balaban J connectivity index is 1.19. The fourth-order valence-electron chi connectivity index (χ4n) is 4.63. The third kappa shape index (κ3) is 4.23. The number of nitrogens with one attached hydrogen (secondary N) is 1. The molecular formula is C22H23FN10O. The third-order valence-corrected chi connectivity index (χ3v) is 6.49. The van der Waals surface area contributed by atoms with Crippen LogP contribution in [0.5, 0.6) is 0 Å². The minimum atomic E-state index is -0.479. The molecule has 1 aromatic carbocycles. The lowest BCUT2D eigenvalue weighted by Crippen LogP contribution is -2.62. The smallest absolute Gasteiger partial charge is 0.253 e. The molecular weight excluding hydrogens is 439 g/mol. The molecule has 34 heavy (non-hydrogen) atoms. The second-order valence-corrected chi connectivity index (χ2v) is 8.49. The minimum absolute atomic E-state index is 0.0236. The van der Waals surface area contributed by atoms with Gasteiger partial charge in [-0.2, -0.15) is 4.68 Å². The van der Waals surface area contributed by atoms with Crippen molar-refractivity contribution in [2.45, 2.75) is 25.4 Å². The maximum Gasteiger partial charge on any atom is 0.253 e. The van der Waals surface area contributed by atoms with Gasteiger partial charge in [-0.15, -0.1) is 5.10 Å². The average Bonchev–Trinajstić information content (AvgIpc) is 3.39. The Morgan fingerprint density at radius 3 is 2.82 bits per heavy atom. The fourth-order valence-corrected chi connectivity index (χ4v) is 4.63. The van der Waals surface area contributed by atoms with Crippen molar-refractivity contribution in [1.82, 2.24) is 45.3 Å². The van der Waals surface area contributed by atoms with E-state index in [-0.39, 0.29) is 30.1 Å². The molecule has 0 saturated carbocycles. The van der Waals surface area contributed by atoms with E-state index in [0.717, 1.165) is 24.2 Å². The number of carbonyl (C=O) groups is 1. The Morgan fingerprint density at radius 2 is 2.09 bits per heavy atom. The van der Waals surface area contributed by atoms with Crippen LogP contribution in [-0.4, -0.2) is 84.6 Å². The summed E-state index contributed by atoms with van der Waals surface area (Å²) in [5.74, 6) is -0.0957. The number of halogens is 1. The molecule has 0 unspecified atom stereocenters. The number of nitrogens with zero attached hydrogens (tertiary/aromatic N) is 9. The number of carbonyl (C=O) groups excluding carboxylic acids is 1. The summed E-state index contributed by atoms with van der Waals surface area (Å²) in [6, 6.07) is 3.37. The molecule has 2 aromatic heterocycles. The van der Waals surface area contributed by atoms with Crippen LogP contribution in [0.4, 0.5) is 10.1 Å². The van der Waals surface area contributed by atoms with Crippen LogP contribution in [0.3, 0.4) is 0 Å². The van der Waals surface area contributed by atoms with Crippen molar-refractivity contribution in [1.29, 1.82) is 0 Å². The van der Waals surface area contributed by atoms with Crippen molar-refractivity contribution < 1.29 is 9.18 Å². The van der Waals surface area contributed by atoms with Crippen LogP contribution >= 0.6 is 0 Å². The second-order valence-electron chi connectivity index (χ2n) is 8.49. The van der Waals surface area contributed by atoms with Crippen molar-refractivity contribution in [2.24, 2.45) is 0 Å². The molecule has 1 N–H and O–H groups in total. The van der Waals surface area contributed by atoms with Crippen molar-refractivity contribution in [3.05, 3.63) is 64.8 Å². The predicted molar refractivity (Wildman–Crippen MR) is 119 cm³/mol. The van der Waals surface area contributed by atoms with Gasteiger partial charge >= 0.3 is 0 Å². The van der Waals surface area contributed by atoms with E-state index in [1.54, 1.807) is 25.4 Å². The topological polar surface area (TPSA) is 109 Å². The first-order valence-corrected chi connectivity index (χ1v) is 11.0. The Labute approximate surface area is 195 Å². The molecule has 0 spiro atoms. The molecule has 174 valence electrons. The van der Waals surface area contributed by atoms with Gasteiger partial charge < -0.3 is 10.2 Å². The molecule has 2 saturated heterocycles. The highest BCUT2D eigenvalue weighted by molar-refractivity contribution is 5.78. The highest BCUT2D eigenvalue weighted by atomic mass is 19.1. The van der Waals surface area contributed by atoms with Crippen molar-refractivity contribution >= 4 is 11.6 Å². The maximum atomic E-state index is 13.9. The molecule has 2 atom stereocenters. The summed E-state index contributed by atoms with van der Waals surface area (Å²) in [6.45, 7) is 12.6. The number of piperazine rings is 2. The molecule has 2 aliphatic rings. The van der Waals surface area contributed by atoms with E-state index in [0.29, 0.717) is 31.1 Å². The van der Waals surface area contributed by atoms with E-state index in [9.17, 15) is 9.18 Å². The van der Waals surface area contributed by atoms with Crippen LogP contribution in [0.2, 0.25) is 0 Å². The molecule has 12 heteroatoms. The van der Waals surface area contributed by atoms with E-state index in [2.05, 4.69) is 40.6 Å². The summed E-state index contributed by atoms with van der Waals surface area (Å²) < 4.78 is 15.3. The van der Waals surface area contributed by atoms with Gasteiger partial charge in [0.1, 0.15) is 12.1 Å². The highest BCUT2D eigenvalue weighted by Crippen LogP contribution is 2.32. The molecule has 0 aliphatic carbocycles. The lowest BCUT2D eigenvalue weighted by Gasteiger charge is -2.47. The number of aromatic nitrogens is 6. The minimum Gasteiger partial charge on any atom is -0.340 e. The van der Waals surface area contributed by atoms with Gasteiger partial charge in [-0.1, -0.05) is 6.07 Å². The van der Waals surface area contributed by atoms with Gasteiger partial charge in [0.2, 0.25) is 11.6 Å². The van der Waals surface area contributed by atoms with E-state index in [1.165, 1.54) is 17.1 Å². The first-order chi connectivity index (χ1) is 16.5. The van der Waals surface area contributed by atoms with Gasteiger partial charge in [0, 0.05) is 57.2 Å². The number of hydrogen-bond acceptors (Lipinski definition) is 8. The van der Waals surface area contributed by atoms with Gasteiger partial charge in [0.05, 0.1) is 13.0 Å². The standard InChI is InChI=1S/C22H23FN10O/c1-14-17(3-4-18(23)21(14)24-2)19-12-31-5-6-32(11-16(31)10-25-19)20(34)7-15-8-26-22(27-9-15)33-13-28-29-30-33/h3-4,8-9,13,16,19,25H,5-7,10-12H2,1H3/t16-,19-/m1/s1. The lowest BCUT2D eigenvalue weighted by molar-refractivity contribution is -0.134. The second kappa shape index (κ2) is 9.20. The van der Waals surface area contributed by atoms with Gasteiger partial charge in [0.25, 0.3) is 5.95 Å².